The molecule has 0 bridgehead atoms. The minimum atomic E-state index is 0.528. The van der Waals surface area contributed by atoms with Crippen LogP contribution in [0, 0.1) is 0 Å². The van der Waals surface area contributed by atoms with Crippen LogP contribution in [0.1, 0.15) is 0 Å². The normalized spacial score (nSPS) is 33.5. The van der Waals surface area contributed by atoms with Crippen molar-refractivity contribution in [2.24, 2.45) is 0 Å². The van der Waals surface area contributed by atoms with Crippen molar-refractivity contribution in [3.8, 4) is 0 Å². The number of piperazine rings is 1. The van der Waals surface area contributed by atoms with Gasteiger partial charge in [-0.25, -0.2) is 0 Å². The van der Waals surface area contributed by atoms with Crippen LogP contribution in [0.4, 0.5) is 0 Å². The second kappa shape index (κ2) is 2.91. The summed E-state index contributed by atoms with van der Waals surface area (Å²) in [4.78, 5) is 4.96. The van der Waals surface area contributed by atoms with Gasteiger partial charge in [0.1, 0.15) is 0 Å². The van der Waals surface area contributed by atoms with Crippen LogP contribution in [-0.4, -0.2) is 35.0 Å². The van der Waals surface area contributed by atoms with Crippen molar-refractivity contribution in [1.82, 2.24) is 9.80 Å². The summed E-state index contributed by atoms with van der Waals surface area (Å²) in [5.41, 5.74) is 2.90. The molecular formula is C14H14N2. The van der Waals surface area contributed by atoms with Crippen molar-refractivity contribution in [2.45, 2.75) is 12.1 Å². The molecule has 2 nitrogen and oxygen atoms in total. The third kappa shape index (κ3) is 0.967. The van der Waals surface area contributed by atoms with Gasteiger partial charge in [-0.15, -0.1) is 0 Å². The second-order valence-electron chi connectivity index (χ2n) is 4.72. The molecule has 3 aliphatic heterocycles. The summed E-state index contributed by atoms with van der Waals surface area (Å²) in [6.07, 6.45) is 17.8. The number of nitrogens with zero attached hydrogens (tertiary/aromatic N) is 2. The first kappa shape index (κ1) is 8.45. The van der Waals surface area contributed by atoms with Gasteiger partial charge < -0.3 is 9.80 Å². The zero-order valence-corrected chi connectivity index (χ0v) is 9.08. The highest BCUT2D eigenvalue weighted by molar-refractivity contribution is 5.49. The highest BCUT2D eigenvalue weighted by Gasteiger charge is 2.40. The predicted molar refractivity (Wildman–Crippen MR) is 64.6 cm³/mol. The van der Waals surface area contributed by atoms with Gasteiger partial charge in [-0.2, -0.15) is 0 Å². The molecule has 1 saturated heterocycles. The summed E-state index contributed by atoms with van der Waals surface area (Å²) in [6, 6.07) is 1.06. The van der Waals surface area contributed by atoms with Gasteiger partial charge >= 0.3 is 0 Å². The smallest absolute Gasteiger partial charge is 0.0783 e. The lowest BCUT2D eigenvalue weighted by atomic mass is 9.81. The number of allylic oxidation sites excluding steroid dienone is 4. The molecule has 0 radical (unpaired) electrons. The van der Waals surface area contributed by atoms with Crippen molar-refractivity contribution in [2.75, 3.05) is 13.1 Å². The fourth-order valence-corrected chi connectivity index (χ4v) is 3.18. The summed E-state index contributed by atoms with van der Waals surface area (Å²) < 4.78 is 0. The van der Waals surface area contributed by atoms with Gasteiger partial charge in [-0.05, 0) is 35.7 Å². The van der Waals surface area contributed by atoms with Gasteiger partial charge in [-0.1, -0.05) is 24.3 Å². The molecule has 1 fully saturated rings. The molecule has 0 aromatic carbocycles. The van der Waals surface area contributed by atoms with Crippen molar-refractivity contribution >= 4 is 0 Å². The Morgan fingerprint density at radius 3 is 1.81 bits per heavy atom. The molecule has 0 unspecified atom stereocenters. The SMILES string of the molecule is C1=CN2CCN3C=CC=C4C=CC(=C1)[C@@H]2[C@H]43. The maximum atomic E-state index is 2.48. The van der Waals surface area contributed by atoms with Crippen LogP contribution in [0.5, 0.6) is 0 Å². The van der Waals surface area contributed by atoms with Gasteiger partial charge in [0.25, 0.3) is 0 Å². The van der Waals surface area contributed by atoms with Crippen LogP contribution in [0.25, 0.3) is 0 Å². The average molecular weight is 210 g/mol. The maximum absolute atomic E-state index is 2.48. The lowest BCUT2D eigenvalue weighted by molar-refractivity contribution is 0.120. The fraction of sp³-hybridized carbons (Fsp3) is 0.286. The van der Waals surface area contributed by atoms with Gasteiger partial charge in [0.05, 0.1) is 12.1 Å². The predicted octanol–water partition coefficient (Wildman–Crippen LogP) is 1.82. The molecule has 2 heteroatoms. The van der Waals surface area contributed by atoms with Gasteiger partial charge in [0, 0.05) is 13.1 Å². The molecule has 3 heterocycles. The van der Waals surface area contributed by atoms with E-state index >= 15 is 0 Å². The number of hydrogen-bond acceptors (Lipinski definition) is 2. The summed E-state index contributed by atoms with van der Waals surface area (Å²) in [5, 5.41) is 0. The molecular weight excluding hydrogens is 196 g/mol. The van der Waals surface area contributed by atoms with E-state index in [9.17, 15) is 0 Å². The van der Waals surface area contributed by atoms with Crippen LogP contribution >= 0.6 is 0 Å². The van der Waals surface area contributed by atoms with E-state index in [1.165, 1.54) is 11.1 Å². The lowest BCUT2D eigenvalue weighted by Crippen LogP contribution is -2.59. The van der Waals surface area contributed by atoms with Crippen LogP contribution in [0.15, 0.2) is 60.0 Å². The van der Waals surface area contributed by atoms with Crippen molar-refractivity contribution in [3.63, 3.8) is 0 Å². The van der Waals surface area contributed by atoms with E-state index < -0.39 is 0 Å². The van der Waals surface area contributed by atoms with Crippen molar-refractivity contribution < 1.29 is 0 Å². The quantitative estimate of drug-likeness (QED) is 0.601. The summed E-state index contributed by atoms with van der Waals surface area (Å²) in [5.74, 6) is 0. The standard InChI is InChI=1S/C14H14N2/c1-3-11-5-6-12-4-2-8-16-10-9-15(7-1)13(11)14(12)16/h1-8,13-14H,9-10H2/t13-,14+. The van der Waals surface area contributed by atoms with Crippen LogP contribution < -0.4 is 0 Å². The van der Waals surface area contributed by atoms with E-state index in [-0.39, 0.29) is 0 Å². The molecule has 0 aromatic rings. The van der Waals surface area contributed by atoms with Gasteiger partial charge in [-0.3, -0.25) is 0 Å². The first-order valence-electron chi connectivity index (χ1n) is 5.90. The molecule has 4 rings (SSSR count). The van der Waals surface area contributed by atoms with E-state index in [1.807, 2.05) is 0 Å². The zero-order valence-electron chi connectivity index (χ0n) is 9.08. The largest absolute Gasteiger partial charge is 0.366 e. The highest BCUT2D eigenvalue weighted by Crippen LogP contribution is 2.36. The van der Waals surface area contributed by atoms with E-state index in [1.54, 1.807) is 0 Å². The maximum Gasteiger partial charge on any atom is 0.0783 e. The molecule has 16 heavy (non-hydrogen) atoms. The lowest BCUT2D eigenvalue weighted by Gasteiger charge is -2.51. The van der Waals surface area contributed by atoms with Crippen molar-refractivity contribution in [1.29, 1.82) is 0 Å². The third-order valence-electron chi connectivity index (χ3n) is 3.91. The molecule has 4 aliphatic rings. The fourth-order valence-electron chi connectivity index (χ4n) is 3.18. The Hall–Kier alpha value is -1.70. The van der Waals surface area contributed by atoms with E-state index in [0.717, 1.165) is 13.1 Å². The Balaban J connectivity index is 1.89. The van der Waals surface area contributed by atoms with E-state index in [2.05, 4.69) is 58.7 Å². The Bertz CT molecular complexity index is 435. The highest BCUT2D eigenvalue weighted by atomic mass is 15.3. The molecule has 0 N–H and O–H groups in total. The van der Waals surface area contributed by atoms with Crippen molar-refractivity contribution in [3.05, 3.63) is 60.0 Å². The summed E-state index contributed by atoms with van der Waals surface area (Å²) in [6.45, 7) is 2.25. The molecule has 0 saturated carbocycles. The molecule has 0 aromatic heterocycles. The van der Waals surface area contributed by atoms with E-state index in [0.29, 0.717) is 12.1 Å². The summed E-state index contributed by atoms with van der Waals surface area (Å²) in [7, 11) is 0. The Labute approximate surface area is 95.5 Å². The van der Waals surface area contributed by atoms with Crippen LogP contribution in [0.2, 0.25) is 0 Å². The first-order chi connectivity index (χ1) is 7.93. The minimum absolute atomic E-state index is 0.528. The van der Waals surface area contributed by atoms with Gasteiger partial charge in [0.2, 0.25) is 0 Å². The Morgan fingerprint density at radius 2 is 1.31 bits per heavy atom. The topological polar surface area (TPSA) is 6.48 Å². The van der Waals surface area contributed by atoms with Crippen LogP contribution in [0.3, 0.4) is 0 Å². The molecule has 1 aliphatic carbocycles. The van der Waals surface area contributed by atoms with Gasteiger partial charge in [0.15, 0.2) is 0 Å². The molecule has 0 amide bonds. The first-order valence-corrected chi connectivity index (χ1v) is 5.90. The number of hydrogen-bond donors (Lipinski definition) is 0. The van der Waals surface area contributed by atoms with Crippen LogP contribution in [-0.2, 0) is 0 Å². The minimum Gasteiger partial charge on any atom is -0.366 e. The third-order valence-corrected chi connectivity index (χ3v) is 3.91. The zero-order chi connectivity index (χ0) is 10.5. The molecule has 2 atom stereocenters. The average Bonchev–Trinajstić information content (AvgIpc) is 2.36. The Kier molecular flexibility index (Phi) is 1.54. The second-order valence-corrected chi connectivity index (χ2v) is 4.72. The molecule has 0 spiro atoms. The monoisotopic (exact) mass is 210 g/mol. The van der Waals surface area contributed by atoms with E-state index in [4.69, 9.17) is 0 Å². The Morgan fingerprint density at radius 1 is 0.812 bits per heavy atom. The molecule has 80 valence electrons. The summed E-state index contributed by atoms with van der Waals surface area (Å²) >= 11 is 0. The number of rotatable bonds is 0.